The Hall–Kier alpha value is -1.87. The first kappa shape index (κ1) is 14.1. The SMILES string of the molecule is CCCc1c(Cl)c(-c2cccnc2)cc2c1N(C=O)CC2. The van der Waals surface area contributed by atoms with E-state index in [1.54, 1.807) is 11.1 Å². The van der Waals surface area contributed by atoms with Crippen LogP contribution in [-0.4, -0.2) is 17.9 Å². The van der Waals surface area contributed by atoms with Crippen molar-refractivity contribution in [2.75, 3.05) is 11.4 Å². The number of nitrogens with zero attached hydrogens (tertiary/aromatic N) is 2. The summed E-state index contributed by atoms with van der Waals surface area (Å²) in [6.07, 6.45) is 7.25. The van der Waals surface area contributed by atoms with Gasteiger partial charge in [0, 0.05) is 30.1 Å². The van der Waals surface area contributed by atoms with Crippen molar-refractivity contribution in [3.63, 3.8) is 0 Å². The molecule has 1 amide bonds. The van der Waals surface area contributed by atoms with Crippen LogP contribution in [0.2, 0.25) is 5.02 Å². The van der Waals surface area contributed by atoms with Crippen molar-refractivity contribution in [2.45, 2.75) is 26.2 Å². The third kappa shape index (κ3) is 2.42. The van der Waals surface area contributed by atoms with Crippen LogP contribution in [0.1, 0.15) is 24.5 Å². The van der Waals surface area contributed by atoms with Gasteiger partial charge in [-0.05, 0) is 36.1 Å². The van der Waals surface area contributed by atoms with Crippen molar-refractivity contribution >= 4 is 23.7 Å². The fraction of sp³-hybridized carbons (Fsp3) is 0.294. The average molecular weight is 301 g/mol. The van der Waals surface area contributed by atoms with Crippen molar-refractivity contribution in [3.05, 3.63) is 46.7 Å². The zero-order valence-corrected chi connectivity index (χ0v) is 12.7. The molecule has 0 saturated heterocycles. The van der Waals surface area contributed by atoms with E-state index in [-0.39, 0.29) is 0 Å². The molecule has 108 valence electrons. The molecule has 3 rings (SSSR count). The Morgan fingerprint density at radius 1 is 1.48 bits per heavy atom. The molecule has 0 unspecified atom stereocenters. The van der Waals surface area contributed by atoms with Crippen LogP contribution in [0.5, 0.6) is 0 Å². The first-order valence-corrected chi connectivity index (χ1v) is 7.60. The molecular formula is C17H17ClN2O. The molecule has 2 aromatic rings. The monoisotopic (exact) mass is 300 g/mol. The van der Waals surface area contributed by atoms with Crippen LogP contribution in [0.15, 0.2) is 30.6 Å². The molecule has 0 N–H and O–H groups in total. The molecule has 0 spiro atoms. The van der Waals surface area contributed by atoms with Crippen LogP contribution in [0, 0.1) is 0 Å². The summed E-state index contributed by atoms with van der Waals surface area (Å²) in [6, 6.07) is 6.04. The maximum absolute atomic E-state index is 11.3. The van der Waals surface area contributed by atoms with Gasteiger partial charge in [-0.1, -0.05) is 31.0 Å². The minimum absolute atomic E-state index is 0.738. The van der Waals surface area contributed by atoms with E-state index in [0.717, 1.165) is 59.6 Å². The topological polar surface area (TPSA) is 33.2 Å². The summed E-state index contributed by atoms with van der Waals surface area (Å²) >= 11 is 6.66. The zero-order valence-electron chi connectivity index (χ0n) is 12.0. The van der Waals surface area contributed by atoms with E-state index in [0.29, 0.717) is 0 Å². The van der Waals surface area contributed by atoms with Crippen molar-refractivity contribution < 1.29 is 4.79 Å². The lowest BCUT2D eigenvalue weighted by Crippen LogP contribution is -2.18. The summed E-state index contributed by atoms with van der Waals surface area (Å²) in [5.41, 5.74) is 5.34. The Labute approximate surface area is 129 Å². The number of fused-ring (bicyclic) bond motifs is 1. The van der Waals surface area contributed by atoms with E-state index < -0.39 is 0 Å². The zero-order chi connectivity index (χ0) is 14.8. The molecule has 1 aliphatic heterocycles. The smallest absolute Gasteiger partial charge is 0.214 e. The second-order valence-corrected chi connectivity index (χ2v) is 5.64. The van der Waals surface area contributed by atoms with Crippen LogP contribution in [0.25, 0.3) is 11.1 Å². The molecule has 0 saturated carbocycles. The molecule has 0 atom stereocenters. The van der Waals surface area contributed by atoms with Gasteiger partial charge in [-0.2, -0.15) is 0 Å². The number of benzene rings is 1. The molecular weight excluding hydrogens is 284 g/mol. The number of rotatable bonds is 4. The van der Waals surface area contributed by atoms with Crippen LogP contribution < -0.4 is 4.90 Å². The summed E-state index contributed by atoms with van der Waals surface area (Å²) in [6.45, 7) is 2.86. The number of halogens is 1. The third-order valence-electron chi connectivity index (χ3n) is 3.92. The lowest BCUT2D eigenvalue weighted by Gasteiger charge is -2.19. The van der Waals surface area contributed by atoms with Gasteiger partial charge in [0.2, 0.25) is 6.41 Å². The van der Waals surface area contributed by atoms with E-state index in [1.165, 1.54) is 5.56 Å². The molecule has 0 aliphatic carbocycles. The van der Waals surface area contributed by atoms with Gasteiger partial charge in [0.1, 0.15) is 0 Å². The molecule has 1 aromatic heterocycles. The van der Waals surface area contributed by atoms with Gasteiger partial charge in [0.25, 0.3) is 0 Å². The van der Waals surface area contributed by atoms with Gasteiger partial charge >= 0.3 is 0 Å². The molecule has 3 nitrogen and oxygen atoms in total. The number of anilines is 1. The molecule has 1 aliphatic rings. The summed E-state index contributed by atoms with van der Waals surface area (Å²) < 4.78 is 0. The summed E-state index contributed by atoms with van der Waals surface area (Å²) in [5.74, 6) is 0. The van der Waals surface area contributed by atoms with Crippen LogP contribution >= 0.6 is 11.6 Å². The van der Waals surface area contributed by atoms with Gasteiger partial charge in [0.15, 0.2) is 0 Å². The highest BCUT2D eigenvalue weighted by atomic mass is 35.5. The highest BCUT2D eigenvalue weighted by Gasteiger charge is 2.25. The third-order valence-corrected chi connectivity index (χ3v) is 4.35. The number of aromatic nitrogens is 1. The number of hydrogen-bond donors (Lipinski definition) is 0. The van der Waals surface area contributed by atoms with E-state index in [9.17, 15) is 4.79 Å². The fourth-order valence-corrected chi connectivity index (χ4v) is 3.33. The van der Waals surface area contributed by atoms with E-state index >= 15 is 0 Å². The predicted octanol–water partition coefficient (Wildman–Crippen LogP) is 3.87. The van der Waals surface area contributed by atoms with Crippen LogP contribution in [-0.2, 0) is 17.6 Å². The quantitative estimate of drug-likeness (QED) is 0.803. The highest BCUT2D eigenvalue weighted by Crippen LogP contribution is 2.42. The largest absolute Gasteiger partial charge is 0.314 e. The number of pyridine rings is 1. The highest BCUT2D eigenvalue weighted by molar-refractivity contribution is 6.34. The maximum Gasteiger partial charge on any atom is 0.214 e. The van der Waals surface area contributed by atoms with Crippen LogP contribution in [0.3, 0.4) is 0 Å². The van der Waals surface area contributed by atoms with Crippen molar-refractivity contribution in [1.29, 1.82) is 0 Å². The fourth-order valence-electron chi connectivity index (χ4n) is 2.98. The first-order chi connectivity index (χ1) is 10.3. The van der Waals surface area contributed by atoms with Gasteiger partial charge < -0.3 is 4.90 Å². The predicted molar refractivity (Wildman–Crippen MR) is 85.8 cm³/mol. The molecule has 2 heterocycles. The van der Waals surface area contributed by atoms with Gasteiger partial charge in [-0.25, -0.2) is 0 Å². The Morgan fingerprint density at radius 2 is 2.33 bits per heavy atom. The number of hydrogen-bond acceptors (Lipinski definition) is 2. The van der Waals surface area contributed by atoms with Crippen LogP contribution in [0.4, 0.5) is 5.69 Å². The number of amides is 1. The Bertz CT molecular complexity index is 670. The normalized spacial score (nSPS) is 13.3. The second-order valence-electron chi connectivity index (χ2n) is 5.26. The number of carbonyl (C=O) groups excluding carboxylic acids is 1. The summed E-state index contributed by atoms with van der Waals surface area (Å²) in [7, 11) is 0. The van der Waals surface area contributed by atoms with Gasteiger partial charge in [-0.3, -0.25) is 9.78 Å². The Kier molecular flexibility index (Phi) is 3.93. The molecule has 1 aromatic carbocycles. The molecule has 21 heavy (non-hydrogen) atoms. The molecule has 0 radical (unpaired) electrons. The van der Waals surface area contributed by atoms with Crippen molar-refractivity contribution in [3.8, 4) is 11.1 Å². The standard InChI is InChI=1S/C17H17ClN2O/c1-2-4-14-16(18)15(13-5-3-7-19-10-13)9-12-6-8-20(11-21)17(12)14/h3,5,7,9-11H,2,4,6,8H2,1H3. The maximum atomic E-state index is 11.3. The molecule has 0 bridgehead atoms. The van der Waals surface area contributed by atoms with Gasteiger partial charge in [-0.15, -0.1) is 0 Å². The van der Waals surface area contributed by atoms with E-state index in [4.69, 9.17) is 11.6 Å². The minimum Gasteiger partial charge on any atom is -0.314 e. The lowest BCUT2D eigenvalue weighted by atomic mass is 9.96. The Balaban J connectivity index is 2.21. The summed E-state index contributed by atoms with van der Waals surface area (Å²) in [5, 5.41) is 0.748. The number of carbonyl (C=O) groups is 1. The second kappa shape index (κ2) is 5.86. The van der Waals surface area contributed by atoms with Gasteiger partial charge in [0.05, 0.1) is 10.7 Å². The minimum atomic E-state index is 0.738. The Morgan fingerprint density at radius 3 is 3.00 bits per heavy atom. The van der Waals surface area contributed by atoms with Crippen molar-refractivity contribution in [2.24, 2.45) is 0 Å². The first-order valence-electron chi connectivity index (χ1n) is 7.22. The summed E-state index contributed by atoms with van der Waals surface area (Å²) in [4.78, 5) is 17.2. The molecule has 4 heteroatoms. The van der Waals surface area contributed by atoms with E-state index in [1.807, 2.05) is 18.3 Å². The van der Waals surface area contributed by atoms with Crippen molar-refractivity contribution in [1.82, 2.24) is 4.98 Å². The average Bonchev–Trinajstić information content (AvgIpc) is 2.93. The molecule has 0 fully saturated rings. The van der Waals surface area contributed by atoms with E-state index in [2.05, 4.69) is 18.0 Å². The lowest BCUT2D eigenvalue weighted by molar-refractivity contribution is -0.107.